The van der Waals surface area contributed by atoms with E-state index in [0.29, 0.717) is 0 Å². The molecule has 68 valence electrons. The molecule has 0 saturated heterocycles. The van der Waals surface area contributed by atoms with E-state index in [4.69, 9.17) is 0 Å². The lowest BCUT2D eigenvalue weighted by Gasteiger charge is -2.08. The summed E-state index contributed by atoms with van der Waals surface area (Å²) in [5.41, 5.74) is 0. The third-order valence-corrected chi connectivity index (χ3v) is 0.977. The van der Waals surface area contributed by atoms with Gasteiger partial charge in [-0.25, -0.2) is 13.2 Å². The maximum absolute atomic E-state index is 11.8. The van der Waals surface area contributed by atoms with Crippen molar-refractivity contribution in [1.82, 2.24) is 0 Å². The Morgan fingerprint density at radius 3 is 1.73 bits per heavy atom. The second kappa shape index (κ2) is 3.82. The van der Waals surface area contributed by atoms with E-state index in [1.165, 1.54) is 0 Å². The molecule has 0 bridgehead atoms. The van der Waals surface area contributed by atoms with Crippen molar-refractivity contribution in [3.8, 4) is 0 Å². The van der Waals surface area contributed by atoms with E-state index in [1.54, 1.807) is 0 Å². The van der Waals surface area contributed by atoms with Gasteiger partial charge in [0, 0.05) is 6.42 Å². The molecule has 0 aliphatic carbocycles. The second-order valence-electron chi connectivity index (χ2n) is 2.00. The van der Waals surface area contributed by atoms with Crippen LogP contribution in [0.5, 0.6) is 0 Å². The summed E-state index contributed by atoms with van der Waals surface area (Å²) >= 11 is 0. The van der Waals surface area contributed by atoms with Crippen molar-refractivity contribution in [2.24, 2.45) is 0 Å². The molecule has 0 aromatic heterocycles. The quantitative estimate of drug-likeness (QED) is 0.585. The van der Waals surface area contributed by atoms with Crippen molar-refractivity contribution in [1.29, 1.82) is 0 Å². The van der Waals surface area contributed by atoms with Crippen molar-refractivity contribution in [3.63, 3.8) is 0 Å². The smallest absolute Gasteiger partial charge is 0.241 e. The molecular weight excluding hydrogens is 174 g/mol. The first-order valence-electron chi connectivity index (χ1n) is 2.82. The summed E-state index contributed by atoms with van der Waals surface area (Å²) in [5.74, 6) is 0. The van der Waals surface area contributed by atoms with E-state index >= 15 is 0 Å². The first kappa shape index (κ1) is 10.6. The molecule has 0 spiro atoms. The van der Waals surface area contributed by atoms with Crippen molar-refractivity contribution in [2.45, 2.75) is 31.6 Å². The minimum atomic E-state index is -4.56. The Labute approximate surface area is 59.2 Å². The third kappa shape index (κ3) is 6.00. The van der Waals surface area contributed by atoms with Gasteiger partial charge in [-0.05, 0) is 6.42 Å². The maximum atomic E-state index is 11.8. The number of hydrogen-bond donors (Lipinski definition) is 0. The molecule has 0 radical (unpaired) electrons. The van der Waals surface area contributed by atoms with Crippen LogP contribution in [-0.2, 0) is 0 Å². The number of alkyl halides is 6. The molecule has 0 heterocycles. The Morgan fingerprint density at radius 2 is 1.45 bits per heavy atom. The Morgan fingerprint density at radius 1 is 1.00 bits per heavy atom. The average molecular weight is 180 g/mol. The second-order valence-corrected chi connectivity index (χ2v) is 2.00. The Hall–Kier alpha value is -0.420. The highest BCUT2D eigenvalue weighted by Crippen LogP contribution is 2.24. The summed E-state index contributed by atoms with van der Waals surface area (Å²) in [4.78, 5) is 0. The zero-order valence-corrected chi connectivity index (χ0v) is 5.34. The Balaban J connectivity index is 3.54. The molecule has 0 aromatic carbocycles. The lowest BCUT2D eigenvalue weighted by Crippen LogP contribution is -2.16. The monoisotopic (exact) mass is 180 g/mol. The van der Waals surface area contributed by atoms with E-state index in [2.05, 4.69) is 0 Å². The first-order chi connectivity index (χ1) is 4.83. The average Bonchev–Trinajstić information content (AvgIpc) is 1.80. The van der Waals surface area contributed by atoms with E-state index in [9.17, 15) is 26.3 Å². The van der Waals surface area contributed by atoms with E-state index in [0.717, 1.165) is 0 Å². The van der Waals surface area contributed by atoms with Gasteiger partial charge in [-0.2, -0.15) is 13.2 Å². The topological polar surface area (TPSA) is 0 Å². The van der Waals surface area contributed by atoms with Crippen LogP contribution in [0.15, 0.2) is 0 Å². The van der Waals surface area contributed by atoms with Crippen LogP contribution in [0.25, 0.3) is 0 Å². The molecule has 11 heavy (non-hydrogen) atoms. The lowest BCUT2D eigenvalue weighted by atomic mass is 10.2. The Bertz CT molecular complexity index is 106. The molecule has 0 rings (SSSR count). The van der Waals surface area contributed by atoms with Gasteiger partial charge in [0.15, 0.2) is 6.17 Å². The lowest BCUT2D eigenvalue weighted by molar-refractivity contribution is -0.140. The molecule has 0 saturated carbocycles. The predicted molar refractivity (Wildman–Crippen MR) is 26.2 cm³/mol. The summed E-state index contributed by atoms with van der Waals surface area (Å²) in [6.45, 7) is 0. The first-order valence-corrected chi connectivity index (χ1v) is 2.82. The molecule has 0 fully saturated rings. The van der Waals surface area contributed by atoms with Crippen LogP contribution in [0.4, 0.5) is 26.3 Å². The van der Waals surface area contributed by atoms with Gasteiger partial charge in [-0.15, -0.1) is 0 Å². The molecule has 1 atom stereocenters. The van der Waals surface area contributed by atoms with Crippen LogP contribution in [0, 0.1) is 0 Å². The van der Waals surface area contributed by atoms with Crippen molar-refractivity contribution >= 4 is 0 Å². The highest BCUT2D eigenvalue weighted by molar-refractivity contribution is 4.61. The fourth-order valence-corrected chi connectivity index (χ4v) is 0.428. The normalized spacial score (nSPS) is 15.5. The van der Waals surface area contributed by atoms with Gasteiger partial charge in [0.1, 0.15) is 0 Å². The molecule has 1 unspecified atom stereocenters. The largest absolute Gasteiger partial charge is 0.389 e. The molecule has 0 nitrogen and oxygen atoms in total. The van der Waals surface area contributed by atoms with Gasteiger partial charge < -0.3 is 0 Å². The molecule has 0 N–H and O–H groups in total. The van der Waals surface area contributed by atoms with E-state index < -0.39 is 31.6 Å². The van der Waals surface area contributed by atoms with Crippen LogP contribution in [0.2, 0.25) is 0 Å². The van der Waals surface area contributed by atoms with Crippen LogP contribution in [0.3, 0.4) is 0 Å². The van der Waals surface area contributed by atoms with E-state index in [-0.39, 0.29) is 0 Å². The molecule has 0 aliphatic rings. The fraction of sp³-hybridized carbons (Fsp3) is 1.00. The van der Waals surface area contributed by atoms with Gasteiger partial charge >= 0.3 is 6.18 Å². The highest BCUT2D eigenvalue weighted by Gasteiger charge is 2.30. The Kier molecular flexibility index (Phi) is 3.68. The van der Waals surface area contributed by atoms with E-state index in [1.807, 2.05) is 0 Å². The molecule has 0 aromatic rings. The van der Waals surface area contributed by atoms with Crippen LogP contribution in [0.1, 0.15) is 12.8 Å². The molecular formula is C5H6F6. The highest BCUT2D eigenvalue weighted by atomic mass is 19.4. The van der Waals surface area contributed by atoms with Crippen molar-refractivity contribution in [2.75, 3.05) is 0 Å². The molecule has 0 amide bonds. The minimum Gasteiger partial charge on any atom is -0.241 e. The minimum absolute atomic E-state index is 1.17. The SMILES string of the molecule is FC(F)C(F)CCC(F)(F)F. The zero-order valence-electron chi connectivity index (χ0n) is 5.34. The van der Waals surface area contributed by atoms with Gasteiger partial charge in [0.2, 0.25) is 0 Å². The van der Waals surface area contributed by atoms with Crippen LogP contribution in [-0.4, -0.2) is 18.8 Å². The van der Waals surface area contributed by atoms with Gasteiger partial charge in [0.25, 0.3) is 6.43 Å². The number of rotatable bonds is 3. The predicted octanol–water partition coefficient (Wildman–Crippen LogP) is 2.93. The van der Waals surface area contributed by atoms with Crippen LogP contribution < -0.4 is 0 Å². The summed E-state index contributed by atoms with van der Waals surface area (Å²) in [5, 5.41) is 0. The summed E-state index contributed by atoms with van der Waals surface area (Å²) in [6.07, 6.45) is -13.2. The summed E-state index contributed by atoms with van der Waals surface area (Å²) in [6, 6.07) is 0. The number of hydrogen-bond acceptors (Lipinski definition) is 0. The molecule has 0 aliphatic heterocycles. The summed E-state index contributed by atoms with van der Waals surface area (Å²) in [7, 11) is 0. The molecule has 6 heteroatoms. The van der Waals surface area contributed by atoms with Crippen molar-refractivity contribution < 1.29 is 26.3 Å². The van der Waals surface area contributed by atoms with Crippen LogP contribution >= 0.6 is 0 Å². The standard InChI is InChI=1S/C5H6F6/c6-3(4(7)8)1-2-5(9,10)11/h3-4H,1-2H2. The van der Waals surface area contributed by atoms with Gasteiger partial charge in [-0.1, -0.05) is 0 Å². The summed E-state index contributed by atoms with van der Waals surface area (Å²) < 4.78 is 68.1. The van der Waals surface area contributed by atoms with Gasteiger partial charge in [0.05, 0.1) is 0 Å². The van der Waals surface area contributed by atoms with Gasteiger partial charge in [-0.3, -0.25) is 0 Å². The third-order valence-electron chi connectivity index (χ3n) is 0.977. The zero-order chi connectivity index (χ0) is 9.07. The maximum Gasteiger partial charge on any atom is 0.389 e. The number of halogens is 6. The fourth-order valence-electron chi connectivity index (χ4n) is 0.428. The van der Waals surface area contributed by atoms with Crippen molar-refractivity contribution in [3.05, 3.63) is 0 Å².